The second kappa shape index (κ2) is 8.04. The maximum Gasteiger partial charge on any atom is 0.238 e. The monoisotopic (exact) mass is 374 g/mol. The SMILES string of the molecule is CC(=O)c1ccccc1NC(=O)CN(C)Cc1ccc(Br)cc1. The number of hydrogen-bond donors (Lipinski definition) is 1. The van der Waals surface area contributed by atoms with Crippen LogP contribution in [0.4, 0.5) is 5.69 Å². The van der Waals surface area contributed by atoms with Crippen molar-refractivity contribution in [2.24, 2.45) is 0 Å². The van der Waals surface area contributed by atoms with Gasteiger partial charge in [0.05, 0.1) is 12.2 Å². The molecule has 2 aromatic rings. The molecule has 4 nitrogen and oxygen atoms in total. The third kappa shape index (κ3) is 5.30. The number of ketones is 1. The Labute approximate surface area is 144 Å². The molecule has 23 heavy (non-hydrogen) atoms. The lowest BCUT2D eigenvalue weighted by molar-refractivity contribution is -0.117. The number of amides is 1. The van der Waals surface area contributed by atoms with Gasteiger partial charge in [-0.1, -0.05) is 40.2 Å². The molecule has 0 spiro atoms. The molecule has 0 aliphatic rings. The number of carbonyl (C=O) groups is 2. The Bertz CT molecular complexity index is 698. The van der Waals surface area contributed by atoms with Crippen LogP contribution in [0.15, 0.2) is 53.0 Å². The number of likely N-dealkylation sites (N-methyl/N-ethyl adjacent to an activating group) is 1. The summed E-state index contributed by atoms with van der Waals surface area (Å²) in [5.41, 5.74) is 2.21. The van der Waals surface area contributed by atoms with E-state index in [4.69, 9.17) is 0 Å². The largest absolute Gasteiger partial charge is 0.324 e. The third-order valence-corrected chi connectivity index (χ3v) is 3.89. The molecule has 0 aromatic heterocycles. The first-order chi connectivity index (χ1) is 11.0. The van der Waals surface area contributed by atoms with Crippen molar-refractivity contribution in [3.63, 3.8) is 0 Å². The van der Waals surface area contributed by atoms with Crippen LogP contribution >= 0.6 is 15.9 Å². The third-order valence-electron chi connectivity index (χ3n) is 3.36. The highest BCUT2D eigenvalue weighted by atomic mass is 79.9. The highest BCUT2D eigenvalue weighted by molar-refractivity contribution is 9.10. The average Bonchev–Trinajstić information content (AvgIpc) is 2.49. The first-order valence-electron chi connectivity index (χ1n) is 7.28. The number of para-hydroxylation sites is 1. The van der Waals surface area contributed by atoms with Crippen LogP contribution in [0.2, 0.25) is 0 Å². The van der Waals surface area contributed by atoms with E-state index in [0.717, 1.165) is 10.0 Å². The van der Waals surface area contributed by atoms with Crippen molar-refractivity contribution < 1.29 is 9.59 Å². The zero-order chi connectivity index (χ0) is 16.8. The van der Waals surface area contributed by atoms with E-state index in [1.54, 1.807) is 24.3 Å². The topological polar surface area (TPSA) is 49.4 Å². The van der Waals surface area contributed by atoms with Crippen LogP contribution in [0.5, 0.6) is 0 Å². The molecule has 0 atom stereocenters. The highest BCUT2D eigenvalue weighted by Gasteiger charge is 2.11. The second-order valence-electron chi connectivity index (χ2n) is 5.45. The fourth-order valence-electron chi connectivity index (χ4n) is 2.29. The number of benzene rings is 2. The molecule has 0 saturated carbocycles. The molecule has 0 aliphatic carbocycles. The fraction of sp³-hybridized carbons (Fsp3) is 0.222. The summed E-state index contributed by atoms with van der Waals surface area (Å²) in [5.74, 6) is -0.206. The van der Waals surface area contributed by atoms with Gasteiger partial charge in [0.15, 0.2) is 5.78 Å². The van der Waals surface area contributed by atoms with Crippen LogP contribution in [-0.4, -0.2) is 30.2 Å². The minimum atomic E-state index is -0.140. The molecule has 120 valence electrons. The van der Waals surface area contributed by atoms with E-state index in [1.807, 2.05) is 36.2 Å². The molecule has 5 heteroatoms. The van der Waals surface area contributed by atoms with E-state index in [-0.39, 0.29) is 18.2 Å². The summed E-state index contributed by atoms with van der Waals surface area (Å²) in [6, 6.07) is 15.0. The summed E-state index contributed by atoms with van der Waals surface area (Å²) in [6.45, 7) is 2.42. The summed E-state index contributed by atoms with van der Waals surface area (Å²) < 4.78 is 1.03. The standard InChI is InChI=1S/C18H19BrN2O2/c1-13(22)16-5-3-4-6-17(16)20-18(23)12-21(2)11-14-7-9-15(19)10-8-14/h3-10H,11-12H2,1-2H3,(H,20,23). The van der Waals surface area contributed by atoms with E-state index < -0.39 is 0 Å². The molecular weight excluding hydrogens is 356 g/mol. The smallest absolute Gasteiger partial charge is 0.238 e. The summed E-state index contributed by atoms with van der Waals surface area (Å²) in [6.07, 6.45) is 0. The van der Waals surface area contributed by atoms with Gasteiger partial charge in [-0.3, -0.25) is 14.5 Å². The van der Waals surface area contributed by atoms with Crippen molar-refractivity contribution in [3.8, 4) is 0 Å². The van der Waals surface area contributed by atoms with Crippen LogP contribution in [-0.2, 0) is 11.3 Å². The molecule has 0 fully saturated rings. The maximum atomic E-state index is 12.2. The normalized spacial score (nSPS) is 10.6. The lowest BCUT2D eigenvalue weighted by Gasteiger charge is -2.17. The molecule has 0 aliphatic heterocycles. The Hall–Kier alpha value is -1.98. The van der Waals surface area contributed by atoms with Crippen molar-refractivity contribution in [1.82, 2.24) is 4.90 Å². The van der Waals surface area contributed by atoms with Crippen molar-refractivity contribution in [2.45, 2.75) is 13.5 Å². The van der Waals surface area contributed by atoms with Gasteiger partial charge in [0.2, 0.25) is 5.91 Å². The van der Waals surface area contributed by atoms with Crippen molar-refractivity contribution in [3.05, 3.63) is 64.1 Å². The molecule has 0 heterocycles. The van der Waals surface area contributed by atoms with Crippen LogP contribution in [0.25, 0.3) is 0 Å². The molecule has 0 bridgehead atoms. The maximum absolute atomic E-state index is 12.2. The van der Waals surface area contributed by atoms with Gasteiger partial charge in [-0.2, -0.15) is 0 Å². The number of anilines is 1. The molecule has 2 aromatic carbocycles. The van der Waals surface area contributed by atoms with Gasteiger partial charge < -0.3 is 5.32 Å². The molecule has 1 amide bonds. The number of Topliss-reactive ketones (excluding diaryl/α,β-unsaturated/α-hetero) is 1. The number of rotatable bonds is 6. The second-order valence-corrected chi connectivity index (χ2v) is 6.36. The Morgan fingerprint density at radius 3 is 2.39 bits per heavy atom. The van der Waals surface area contributed by atoms with Crippen molar-refractivity contribution in [2.75, 3.05) is 18.9 Å². The zero-order valence-corrected chi connectivity index (χ0v) is 14.8. The number of carbonyl (C=O) groups excluding carboxylic acids is 2. The first-order valence-corrected chi connectivity index (χ1v) is 8.08. The van der Waals surface area contributed by atoms with E-state index in [0.29, 0.717) is 17.8 Å². The van der Waals surface area contributed by atoms with E-state index >= 15 is 0 Å². The Morgan fingerprint density at radius 2 is 1.74 bits per heavy atom. The number of nitrogens with one attached hydrogen (secondary N) is 1. The quantitative estimate of drug-likeness (QED) is 0.783. The predicted molar refractivity (Wildman–Crippen MR) is 95.6 cm³/mol. The lowest BCUT2D eigenvalue weighted by Crippen LogP contribution is -2.30. The molecule has 0 unspecified atom stereocenters. The van der Waals surface area contributed by atoms with Gasteiger partial charge in [-0.05, 0) is 43.8 Å². The van der Waals surface area contributed by atoms with Crippen LogP contribution < -0.4 is 5.32 Å². The molecular formula is C18H19BrN2O2. The van der Waals surface area contributed by atoms with Gasteiger partial charge in [0.25, 0.3) is 0 Å². The highest BCUT2D eigenvalue weighted by Crippen LogP contribution is 2.16. The first kappa shape index (κ1) is 17.4. The summed E-state index contributed by atoms with van der Waals surface area (Å²) in [7, 11) is 1.89. The zero-order valence-electron chi connectivity index (χ0n) is 13.2. The number of halogens is 1. The molecule has 2 rings (SSSR count). The predicted octanol–water partition coefficient (Wildman–Crippen LogP) is 3.72. The van der Waals surface area contributed by atoms with Crippen LogP contribution in [0.1, 0.15) is 22.8 Å². The summed E-state index contributed by atoms with van der Waals surface area (Å²) in [5, 5.41) is 2.81. The number of nitrogens with zero attached hydrogens (tertiary/aromatic N) is 1. The molecule has 0 radical (unpaired) electrons. The van der Waals surface area contributed by atoms with Gasteiger partial charge in [-0.15, -0.1) is 0 Å². The summed E-state index contributed by atoms with van der Waals surface area (Å²) in [4.78, 5) is 25.7. The lowest BCUT2D eigenvalue weighted by atomic mass is 10.1. The Morgan fingerprint density at radius 1 is 1.09 bits per heavy atom. The van der Waals surface area contributed by atoms with Gasteiger partial charge in [-0.25, -0.2) is 0 Å². The minimum absolute atomic E-state index is 0.0656. The van der Waals surface area contributed by atoms with Gasteiger partial charge in [0.1, 0.15) is 0 Å². The van der Waals surface area contributed by atoms with Crippen molar-refractivity contribution in [1.29, 1.82) is 0 Å². The minimum Gasteiger partial charge on any atom is -0.324 e. The number of hydrogen-bond acceptors (Lipinski definition) is 3. The van der Waals surface area contributed by atoms with E-state index in [9.17, 15) is 9.59 Å². The van der Waals surface area contributed by atoms with Gasteiger partial charge in [0, 0.05) is 16.6 Å². The van der Waals surface area contributed by atoms with Crippen molar-refractivity contribution >= 4 is 33.3 Å². The van der Waals surface area contributed by atoms with Crippen LogP contribution in [0.3, 0.4) is 0 Å². The van der Waals surface area contributed by atoms with E-state index in [1.165, 1.54) is 6.92 Å². The van der Waals surface area contributed by atoms with Crippen LogP contribution in [0, 0.1) is 0 Å². The molecule has 1 N–H and O–H groups in total. The Kier molecular flexibility index (Phi) is 6.07. The molecule has 0 saturated heterocycles. The summed E-state index contributed by atoms with van der Waals surface area (Å²) >= 11 is 3.40. The average molecular weight is 375 g/mol. The van der Waals surface area contributed by atoms with E-state index in [2.05, 4.69) is 21.2 Å². The Balaban J connectivity index is 1.94. The van der Waals surface area contributed by atoms with Gasteiger partial charge >= 0.3 is 0 Å². The fourth-order valence-corrected chi connectivity index (χ4v) is 2.56.